The van der Waals surface area contributed by atoms with Crippen molar-refractivity contribution in [3.8, 4) is 0 Å². The van der Waals surface area contributed by atoms with Gasteiger partial charge in [-0.05, 0) is 25.7 Å². The molecule has 0 aromatic rings. The van der Waals surface area contributed by atoms with Gasteiger partial charge in [0, 0.05) is 12.0 Å². The lowest BCUT2D eigenvalue weighted by molar-refractivity contribution is -0.121. The summed E-state index contributed by atoms with van der Waals surface area (Å²) in [5, 5.41) is 3.41. The van der Waals surface area contributed by atoms with Crippen molar-refractivity contribution < 1.29 is 4.79 Å². The summed E-state index contributed by atoms with van der Waals surface area (Å²) in [4.78, 5) is 11.7. The molecule has 0 saturated heterocycles. The van der Waals surface area contributed by atoms with Gasteiger partial charge in [0.1, 0.15) is 5.78 Å². The van der Waals surface area contributed by atoms with Crippen LogP contribution in [0.2, 0.25) is 0 Å². The fraction of sp³-hybridized carbons (Fsp3) is 0.917. The van der Waals surface area contributed by atoms with Crippen LogP contribution in [0.5, 0.6) is 0 Å². The Morgan fingerprint density at radius 2 is 1.57 bits per heavy atom. The van der Waals surface area contributed by atoms with E-state index in [2.05, 4.69) is 5.32 Å². The zero-order valence-electron chi connectivity index (χ0n) is 8.93. The minimum atomic E-state index is 0.393. The fourth-order valence-electron chi connectivity index (χ4n) is 2.77. The standard InChI is InChI=1S/C12H21NO/c14-12(10-5-1-2-6-10)9-13-11-7-3-4-8-11/h10-11,13H,1-9H2. The minimum Gasteiger partial charge on any atom is -0.307 e. The van der Waals surface area contributed by atoms with Crippen LogP contribution in [0, 0.1) is 5.92 Å². The Hall–Kier alpha value is -0.370. The van der Waals surface area contributed by atoms with Gasteiger partial charge in [0.2, 0.25) is 0 Å². The SMILES string of the molecule is O=C(CNC1CCCC1)C1CCCC1. The lowest BCUT2D eigenvalue weighted by atomic mass is 10.0. The van der Waals surface area contributed by atoms with Crippen molar-refractivity contribution in [2.45, 2.75) is 57.4 Å². The molecule has 0 spiro atoms. The molecule has 0 bridgehead atoms. The van der Waals surface area contributed by atoms with Crippen molar-refractivity contribution in [3.05, 3.63) is 0 Å². The molecule has 2 aliphatic rings. The Labute approximate surface area is 86.5 Å². The molecule has 2 heteroatoms. The van der Waals surface area contributed by atoms with Crippen LogP contribution in [0.1, 0.15) is 51.4 Å². The molecule has 0 aromatic heterocycles. The monoisotopic (exact) mass is 195 g/mol. The van der Waals surface area contributed by atoms with E-state index in [0.717, 1.165) is 12.8 Å². The first kappa shape index (κ1) is 10.2. The maximum Gasteiger partial charge on any atom is 0.149 e. The molecular formula is C12H21NO. The van der Waals surface area contributed by atoms with Crippen LogP contribution in [0.3, 0.4) is 0 Å². The van der Waals surface area contributed by atoms with E-state index < -0.39 is 0 Å². The van der Waals surface area contributed by atoms with Gasteiger partial charge in [-0.25, -0.2) is 0 Å². The molecule has 0 amide bonds. The van der Waals surface area contributed by atoms with E-state index >= 15 is 0 Å². The lowest BCUT2D eigenvalue weighted by Gasteiger charge is -2.13. The van der Waals surface area contributed by atoms with Crippen molar-refractivity contribution in [2.75, 3.05) is 6.54 Å². The van der Waals surface area contributed by atoms with Gasteiger partial charge in [0.25, 0.3) is 0 Å². The number of carbonyl (C=O) groups is 1. The normalized spacial score (nSPS) is 24.6. The molecule has 2 rings (SSSR count). The molecular weight excluding hydrogens is 174 g/mol. The molecule has 0 aromatic carbocycles. The summed E-state index contributed by atoms with van der Waals surface area (Å²) in [5.41, 5.74) is 0. The van der Waals surface area contributed by atoms with Crippen molar-refractivity contribution in [2.24, 2.45) is 5.92 Å². The number of ketones is 1. The predicted octanol–water partition coefficient (Wildman–Crippen LogP) is 2.28. The molecule has 0 atom stereocenters. The van der Waals surface area contributed by atoms with Crippen LogP contribution in [0.15, 0.2) is 0 Å². The molecule has 2 saturated carbocycles. The Bertz CT molecular complexity index is 190. The van der Waals surface area contributed by atoms with E-state index in [1.807, 2.05) is 0 Å². The van der Waals surface area contributed by atoms with Crippen molar-refractivity contribution in [1.29, 1.82) is 0 Å². The van der Waals surface area contributed by atoms with Gasteiger partial charge in [-0.1, -0.05) is 25.7 Å². The van der Waals surface area contributed by atoms with Gasteiger partial charge in [-0.15, -0.1) is 0 Å². The van der Waals surface area contributed by atoms with E-state index in [0.29, 0.717) is 24.3 Å². The van der Waals surface area contributed by atoms with Crippen molar-refractivity contribution >= 4 is 5.78 Å². The average Bonchev–Trinajstić information content (AvgIpc) is 2.87. The van der Waals surface area contributed by atoms with Crippen LogP contribution >= 0.6 is 0 Å². The maximum atomic E-state index is 11.7. The van der Waals surface area contributed by atoms with Crippen LogP contribution in [0.4, 0.5) is 0 Å². The number of nitrogens with one attached hydrogen (secondary N) is 1. The van der Waals surface area contributed by atoms with E-state index in [1.165, 1.54) is 38.5 Å². The van der Waals surface area contributed by atoms with Gasteiger partial charge in [-0.3, -0.25) is 4.79 Å². The van der Waals surface area contributed by atoms with Gasteiger partial charge >= 0.3 is 0 Å². The molecule has 2 nitrogen and oxygen atoms in total. The summed E-state index contributed by atoms with van der Waals surface area (Å²) in [7, 11) is 0. The summed E-state index contributed by atoms with van der Waals surface area (Å²) in [6, 6.07) is 0.639. The highest BCUT2D eigenvalue weighted by Crippen LogP contribution is 2.25. The number of rotatable bonds is 4. The van der Waals surface area contributed by atoms with Crippen molar-refractivity contribution in [3.63, 3.8) is 0 Å². The van der Waals surface area contributed by atoms with E-state index in [-0.39, 0.29) is 0 Å². The van der Waals surface area contributed by atoms with Crippen LogP contribution in [-0.2, 0) is 4.79 Å². The summed E-state index contributed by atoms with van der Waals surface area (Å²) in [6.07, 6.45) is 10.1. The number of carbonyl (C=O) groups excluding carboxylic acids is 1. The van der Waals surface area contributed by atoms with E-state index in [1.54, 1.807) is 0 Å². The molecule has 0 heterocycles. The highest BCUT2D eigenvalue weighted by Gasteiger charge is 2.23. The van der Waals surface area contributed by atoms with E-state index in [9.17, 15) is 4.79 Å². The second kappa shape index (κ2) is 4.92. The third-order valence-corrected chi connectivity index (χ3v) is 3.73. The predicted molar refractivity (Wildman–Crippen MR) is 57.2 cm³/mol. The summed E-state index contributed by atoms with van der Waals surface area (Å²) < 4.78 is 0. The average molecular weight is 195 g/mol. The highest BCUT2D eigenvalue weighted by molar-refractivity contribution is 5.83. The summed E-state index contributed by atoms with van der Waals surface area (Å²) >= 11 is 0. The fourth-order valence-corrected chi connectivity index (χ4v) is 2.77. The number of hydrogen-bond donors (Lipinski definition) is 1. The molecule has 0 aliphatic heterocycles. The van der Waals surface area contributed by atoms with Gasteiger partial charge in [-0.2, -0.15) is 0 Å². The topological polar surface area (TPSA) is 29.1 Å². The Morgan fingerprint density at radius 3 is 2.21 bits per heavy atom. The molecule has 2 aliphatic carbocycles. The molecule has 1 N–H and O–H groups in total. The van der Waals surface area contributed by atoms with Crippen LogP contribution < -0.4 is 5.32 Å². The Kier molecular flexibility index (Phi) is 3.57. The van der Waals surface area contributed by atoms with E-state index in [4.69, 9.17) is 0 Å². The zero-order chi connectivity index (χ0) is 9.80. The number of Topliss-reactive ketones (excluding diaryl/α,β-unsaturated/α-hetero) is 1. The zero-order valence-corrected chi connectivity index (χ0v) is 8.93. The molecule has 2 fully saturated rings. The second-order valence-electron chi connectivity index (χ2n) is 4.81. The minimum absolute atomic E-state index is 0.393. The molecule has 80 valence electrons. The maximum absolute atomic E-state index is 11.7. The smallest absolute Gasteiger partial charge is 0.149 e. The number of hydrogen-bond acceptors (Lipinski definition) is 2. The Balaban J connectivity index is 1.66. The second-order valence-corrected chi connectivity index (χ2v) is 4.81. The first-order valence-corrected chi connectivity index (χ1v) is 6.12. The summed E-state index contributed by atoms with van der Waals surface area (Å²) in [6.45, 7) is 0.634. The highest BCUT2D eigenvalue weighted by atomic mass is 16.1. The lowest BCUT2D eigenvalue weighted by Crippen LogP contribution is -2.33. The first-order chi connectivity index (χ1) is 6.86. The van der Waals surface area contributed by atoms with Gasteiger partial charge in [0.15, 0.2) is 0 Å². The third kappa shape index (κ3) is 2.57. The van der Waals surface area contributed by atoms with Crippen LogP contribution in [-0.4, -0.2) is 18.4 Å². The molecule has 0 unspecified atom stereocenters. The quantitative estimate of drug-likeness (QED) is 0.745. The largest absolute Gasteiger partial charge is 0.307 e. The molecule has 0 radical (unpaired) electrons. The van der Waals surface area contributed by atoms with Gasteiger partial charge in [0.05, 0.1) is 6.54 Å². The van der Waals surface area contributed by atoms with Crippen LogP contribution in [0.25, 0.3) is 0 Å². The third-order valence-electron chi connectivity index (χ3n) is 3.73. The summed E-state index contributed by atoms with van der Waals surface area (Å²) in [5.74, 6) is 0.860. The first-order valence-electron chi connectivity index (χ1n) is 6.12. The van der Waals surface area contributed by atoms with Gasteiger partial charge < -0.3 is 5.32 Å². The molecule has 14 heavy (non-hydrogen) atoms. The van der Waals surface area contributed by atoms with Crippen molar-refractivity contribution in [1.82, 2.24) is 5.32 Å². The Morgan fingerprint density at radius 1 is 1.00 bits per heavy atom.